The molecule has 3 rings (SSSR count). The molecule has 0 aromatic carbocycles. The van der Waals surface area contributed by atoms with Crippen LogP contribution in [0.15, 0.2) is 5.16 Å². The first kappa shape index (κ1) is 18.9. The van der Waals surface area contributed by atoms with Gasteiger partial charge in [-0.05, 0) is 38.8 Å². The van der Waals surface area contributed by atoms with E-state index in [9.17, 15) is 0 Å². The summed E-state index contributed by atoms with van der Waals surface area (Å²) in [6.45, 7) is 13.5. The Bertz CT molecular complexity index is 740. The summed E-state index contributed by atoms with van der Waals surface area (Å²) in [6, 6.07) is 0. The number of likely N-dealkylation sites (N-methyl/N-ethyl adjacent to an activating group) is 1. The van der Waals surface area contributed by atoms with Crippen molar-refractivity contribution >= 4 is 39.1 Å². The Morgan fingerprint density at radius 1 is 1.28 bits per heavy atom. The van der Waals surface area contributed by atoms with Gasteiger partial charge in [-0.15, -0.1) is 11.3 Å². The maximum Gasteiger partial charge on any atom is 0.190 e. The number of anilines is 1. The third-order valence-electron chi connectivity index (χ3n) is 4.71. The zero-order valence-corrected chi connectivity index (χ0v) is 17.4. The summed E-state index contributed by atoms with van der Waals surface area (Å²) in [6.07, 6.45) is 2.94. The van der Waals surface area contributed by atoms with E-state index in [1.165, 1.54) is 15.8 Å². The Morgan fingerprint density at radius 2 is 2.04 bits per heavy atom. The van der Waals surface area contributed by atoms with E-state index in [1.54, 1.807) is 23.1 Å². The van der Waals surface area contributed by atoms with Crippen molar-refractivity contribution in [3.8, 4) is 0 Å². The highest BCUT2D eigenvalue weighted by molar-refractivity contribution is 7.98. The molecule has 1 aliphatic rings. The number of rotatable bonds is 7. The molecule has 0 fully saturated rings. The topological polar surface area (TPSA) is 50.3 Å². The summed E-state index contributed by atoms with van der Waals surface area (Å²) in [7, 11) is 0. The molecule has 5 nitrogen and oxygen atoms in total. The fourth-order valence-electron chi connectivity index (χ4n) is 3.22. The van der Waals surface area contributed by atoms with E-state index in [0.717, 1.165) is 48.4 Å². The van der Waals surface area contributed by atoms with Crippen LogP contribution >= 0.6 is 23.1 Å². The van der Waals surface area contributed by atoms with Crippen molar-refractivity contribution in [1.29, 1.82) is 0 Å². The van der Waals surface area contributed by atoms with Crippen LogP contribution < -0.4 is 5.32 Å². The van der Waals surface area contributed by atoms with E-state index in [-0.39, 0.29) is 5.60 Å². The van der Waals surface area contributed by atoms with Crippen LogP contribution in [0, 0.1) is 0 Å². The number of ether oxygens (including phenoxy) is 1. The summed E-state index contributed by atoms with van der Waals surface area (Å²) in [5.74, 6) is 0.983. The van der Waals surface area contributed by atoms with Gasteiger partial charge in [0.2, 0.25) is 0 Å². The highest BCUT2D eigenvalue weighted by atomic mass is 32.2. The molecule has 2 aromatic rings. The molecular formula is C18H28N4OS2. The van der Waals surface area contributed by atoms with Crippen molar-refractivity contribution in [3.63, 3.8) is 0 Å². The Morgan fingerprint density at radius 3 is 2.72 bits per heavy atom. The predicted molar refractivity (Wildman–Crippen MR) is 108 cm³/mol. The molecule has 0 saturated carbocycles. The number of thiophene rings is 1. The third kappa shape index (κ3) is 4.10. The Balaban J connectivity index is 1.94. The lowest BCUT2D eigenvalue weighted by molar-refractivity contribution is -0.0379. The molecule has 7 heteroatoms. The average molecular weight is 381 g/mol. The van der Waals surface area contributed by atoms with Gasteiger partial charge >= 0.3 is 0 Å². The van der Waals surface area contributed by atoms with E-state index in [4.69, 9.17) is 14.7 Å². The summed E-state index contributed by atoms with van der Waals surface area (Å²) >= 11 is 3.35. The van der Waals surface area contributed by atoms with Gasteiger partial charge in [-0.3, -0.25) is 0 Å². The number of hydrogen-bond donors (Lipinski definition) is 1. The lowest BCUT2D eigenvalue weighted by Crippen LogP contribution is -2.31. The van der Waals surface area contributed by atoms with Crippen LogP contribution in [0.4, 0.5) is 5.82 Å². The molecule has 2 aromatic heterocycles. The van der Waals surface area contributed by atoms with Gasteiger partial charge in [0, 0.05) is 24.4 Å². The standard InChI is InChI=1S/C18H28N4OS2/c1-6-22(7-2)9-8-19-15-14-12-10-18(3,4)23-11-13(12)25-16(14)21-17(20-15)24-5/h6-11H2,1-5H3,(H,19,20,21). The second-order valence-electron chi connectivity index (χ2n) is 6.92. The zero-order valence-electron chi connectivity index (χ0n) is 15.8. The van der Waals surface area contributed by atoms with Gasteiger partial charge in [0.05, 0.1) is 17.6 Å². The van der Waals surface area contributed by atoms with Gasteiger partial charge in [0.25, 0.3) is 0 Å². The third-order valence-corrected chi connectivity index (χ3v) is 6.35. The molecule has 0 aliphatic carbocycles. The van der Waals surface area contributed by atoms with Crippen molar-refractivity contribution in [2.75, 3.05) is 37.8 Å². The quantitative estimate of drug-likeness (QED) is 0.578. The summed E-state index contributed by atoms with van der Waals surface area (Å²) < 4.78 is 5.99. The number of thioether (sulfide) groups is 1. The summed E-state index contributed by atoms with van der Waals surface area (Å²) in [5.41, 5.74) is 1.24. The summed E-state index contributed by atoms with van der Waals surface area (Å²) in [5, 5.41) is 5.62. The van der Waals surface area contributed by atoms with Crippen LogP contribution in [0.5, 0.6) is 0 Å². The van der Waals surface area contributed by atoms with Crippen molar-refractivity contribution in [3.05, 3.63) is 10.4 Å². The SMILES string of the molecule is CCN(CC)CCNc1nc(SC)nc2sc3c(c12)CC(C)(C)OC3. The molecule has 138 valence electrons. The number of fused-ring (bicyclic) bond motifs is 3. The molecule has 0 amide bonds. The molecule has 0 spiro atoms. The van der Waals surface area contributed by atoms with Crippen LogP contribution in [0.2, 0.25) is 0 Å². The Labute approximate surface area is 158 Å². The van der Waals surface area contributed by atoms with Crippen LogP contribution in [0.25, 0.3) is 10.2 Å². The normalized spacial score (nSPS) is 16.4. The van der Waals surface area contributed by atoms with Gasteiger partial charge in [-0.2, -0.15) is 0 Å². The highest BCUT2D eigenvalue weighted by Crippen LogP contribution is 2.41. The molecule has 3 heterocycles. The van der Waals surface area contributed by atoms with Crippen molar-refractivity contribution in [2.45, 2.75) is 51.5 Å². The molecule has 0 atom stereocenters. The molecular weight excluding hydrogens is 352 g/mol. The average Bonchev–Trinajstić information content (AvgIpc) is 2.95. The van der Waals surface area contributed by atoms with Gasteiger partial charge < -0.3 is 15.0 Å². The molecule has 1 aliphatic heterocycles. The summed E-state index contributed by atoms with van der Waals surface area (Å²) in [4.78, 5) is 14.3. The van der Waals surface area contributed by atoms with Crippen LogP contribution in [-0.4, -0.2) is 52.9 Å². The highest BCUT2D eigenvalue weighted by Gasteiger charge is 2.31. The predicted octanol–water partition coefficient (Wildman–Crippen LogP) is 4.02. The van der Waals surface area contributed by atoms with Gasteiger partial charge in [-0.1, -0.05) is 25.6 Å². The first-order valence-electron chi connectivity index (χ1n) is 8.93. The zero-order chi connectivity index (χ0) is 18.0. The largest absolute Gasteiger partial charge is 0.370 e. The van der Waals surface area contributed by atoms with Crippen molar-refractivity contribution in [2.24, 2.45) is 0 Å². The second kappa shape index (κ2) is 7.78. The minimum atomic E-state index is -0.127. The molecule has 0 bridgehead atoms. The number of hydrogen-bond acceptors (Lipinski definition) is 7. The smallest absolute Gasteiger partial charge is 0.190 e. The fraction of sp³-hybridized carbons (Fsp3) is 0.667. The minimum absolute atomic E-state index is 0.127. The van der Waals surface area contributed by atoms with E-state index in [1.807, 2.05) is 6.26 Å². The number of nitrogens with one attached hydrogen (secondary N) is 1. The van der Waals surface area contributed by atoms with E-state index in [0.29, 0.717) is 6.61 Å². The fourth-order valence-corrected chi connectivity index (χ4v) is 4.74. The molecule has 0 radical (unpaired) electrons. The minimum Gasteiger partial charge on any atom is -0.370 e. The maximum atomic E-state index is 5.99. The van der Waals surface area contributed by atoms with Crippen LogP contribution in [-0.2, 0) is 17.8 Å². The first-order chi connectivity index (χ1) is 12.0. The Hall–Kier alpha value is -0.890. The molecule has 1 N–H and O–H groups in total. The molecule has 0 unspecified atom stereocenters. The van der Waals surface area contributed by atoms with Crippen LogP contribution in [0.1, 0.15) is 38.1 Å². The van der Waals surface area contributed by atoms with Crippen molar-refractivity contribution < 1.29 is 4.74 Å². The van der Waals surface area contributed by atoms with Crippen molar-refractivity contribution in [1.82, 2.24) is 14.9 Å². The lowest BCUT2D eigenvalue weighted by Gasteiger charge is -2.30. The van der Waals surface area contributed by atoms with E-state index >= 15 is 0 Å². The van der Waals surface area contributed by atoms with E-state index in [2.05, 4.69) is 37.9 Å². The molecule has 25 heavy (non-hydrogen) atoms. The van der Waals surface area contributed by atoms with E-state index < -0.39 is 0 Å². The molecule has 0 saturated heterocycles. The lowest BCUT2D eigenvalue weighted by atomic mass is 9.94. The maximum absolute atomic E-state index is 5.99. The van der Waals surface area contributed by atoms with Crippen LogP contribution in [0.3, 0.4) is 0 Å². The second-order valence-corrected chi connectivity index (χ2v) is 8.78. The van der Waals surface area contributed by atoms with Gasteiger partial charge in [-0.25, -0.2) is 9.97 Å². The Kier molecular flexibility index (Phi) is 5.88. The number of aromatic nitrogens is 2. The monoisotopic (exact) mass is 380 g/mol. The van der Waals surface area contributed by atoms with Gasteiger partial charge in [0.15, 0.2) is 5.16 Å². The first-order valence-corrected chi connectivity index (χ1v) is 11.0. The van der Waals surface area contributed by atoms with Gasteiger partial charge in [0.1, 0.15) is 10.6 Å². The number of nitrogens with zero attached hydrogens (tertiary/aromatic N) is 3.